The molecule has 0 aliphatic carbocycles. The van der Waals surface area contributed by atoms with E-state index in [1.54, 1.807) is 12.3 Å². The van der Waals surface area contributed by atoms with E-state index in [-0.39, 0.29) is 48.5 Å². The maximum absolute atomic E-state index is 13.9. The normalized spacial score (nSPS) is 11.7. The van der Waals surface area contributed by atoms with Crippen molar-refractivity contribution in [3.8, 4) is 39.5 Å². The van der Waals surface area contributed by atoms with Crippen LogP contribution in [0.15, 0.2) is 132 Å². The van der Waals surface area contributed by atoms with Crippen LogP contribution in [-0.2, 0) is 25.5 Å². The zero-order valence-electron chi connectivity index (χ0n) is 38.0. The van der Waals surface area contributed by atoms with Crippen LogP contribution in [-0.4, -0.2) is 35.8 Å². The number of aromatic nitrogens is 5. The largest absolute Gasteiger partial charge is 0.501 e. The number of fused-ring (bicyclic) bond motifs is 6. The molecule has 0 atom stereocenters. The number of nitrogens with zero attached hydrogens (tertiary/aromatic N) is 5. The Morgan fingerprint density at radius 1 is 0.788 bits per heavy atom. The number of furan rings is 1. The van der Waals surface area contributed by atoms with E-state index in [0.717, 1.165) is 78.3 Å². The van der Waals surface area contributed by atoms with E-state index < -0.39 is 11.8 Å². The number of aryl methyl sites for hydroxylation is 1. The predicted octanol–water partition coefficient (Wildman–Crippen LogP) is 14.2. The molecule has 0 saturated carbocycles. The van der Waals surface area contributed by atoms with E-state index in [0.29, 0.717) is 5.69 Å². The molecule has 0 bridgehead atoms. The summed E-state index contributed by atoms with van der Waals surface area (Å²) in [6.45, 7) is 17.3. The first-order valence-corrected chi connectivity index (χ1v) is 21.8. The average Bonchev–Trinajstić information content (AvgIpc) is 3.87. The number of hydrogen-bond acceptors (Lipinski definition) is 6. The van der Waals surface area contributed by atoms with Crippen LogP contribution in [0.25, 0.3) is 83.5 Å². The SMILES string of the molecule is CC(C)(C)c1ccc(-c2[c-]cc(C(=O)O)cc2F)nc1.Cc1ccccc1-c1ccc2c(c1)oc1c(-c3nc4c5ccccc5nnc4n3-c3c(C(C)C)cccc3C(C)C)[c-]ccc12.[Ir]. The molecule has 10 rings (SSSR count). The second-order valence-electron chi connectivity index (χ2n) is 18.1. The minimum Gasteiger partial charge on any atom is -0.501 e. The number of para-hydroxylation sites is 1. The van der Waals surface area contributed by atoms with E-state index in [1.165, 1.54) is 28.3 Å². The van der Waals surface area contributed by atoms with Gasteiger partial charge in [0.2, 0.25) is 0 Å². The van der Waals surface area contributed by atoms with E-state index in [4.69, 9.17) is 19.6 Å². The number of imidazole rings is 1. The van der Waals surface area contributed by atoms with Gasteiger partial charge < -0.3 is 19.1 Å². The summed E-state index contributed by atoms with van der Waals surface area (Å²) in [5.74, 6) is -0.510. The molecule has 0 saturated heterocycles. The monoisotopic (exact) mass is 1050 g/mol. The van der Waals surface area contributed by atoms with Gasteiger partial charge in [-0.25, -0.2) is 0 Å². The fourth-order valence-corrected chi connectivity index (χ4v) is 8.44. The Morgan fingerprint density at radius 2 is 1.52 bits per heavy atom. The van der Waals surface area contributed by atoms with Crippen molar-refractivity contribution in [1.29, 1.82) is 0 Å². The first-order chi connectivity index (χ1) is 31.2. The molecule has 10 aromatic rings. The Labute approximate surface area is 396 Å². The van der Waals surface area contributed by atoms with Crippen LogP contribution in [0.5, 0.6) is 0 Å². The van der Waals surface area contributed by atoms with E-state index in [2.05, 4.69) is 155 Å². The van der Waals surface area contributed by atoms with Crippen LogP contribution in [0.2, 0.25) is 0 Å². The molecule has 6 aromatic carbocycles. The van der Waals surface area contributed by atoms with Gasteiger partial charge in [-0.2, -0.15) is 0 Å². The van der Waals surface area contributed by atoms with E-state index >= 15 is 0 Å². The van der Waals surface area contributed by atoms with Gasteiger partial charge in [0.05, 0.1) is 16.9 Å². The van der Waals surface area contributed by atoms with Gasteiger partial charge in [0.25, 0.3) is 5.97 Å². The van der Waals surface area contributed by atoms with Crippen molar-refractivity contribution < 1.29 is 38.8 Å². The van der Waals surface area contributed by atoms with Crippen LogP contribution in [0, 0.1) is 24.9 Å². The second-order valence-corrected chi connectivity index (χ2v) is 18.1. The van der Waals surface area contributed by atoms with Crippen molar-refractivity contribution in [1.82, 2.24) is 24.7 Å². The number of halogens is 1. The number of pyridine rings is 1. The summed E-state index contributed by atoms with van der Waals surface area (Å²) >= 11 is 0. The molecule has 0 spiro atoms. The molecule has 8 nitrogen and oxygen atoms in total. The smallest absolute Gasteiger partial charge is 0.292 e. The van der Waals surface area contributed by atoms with Crippen molar-refractivity contribution in [3.05, 3.63) is 173 Å². The van der Waals surface area contributed by atoms with Gasteiger partial charge in [0.15, 0.2) is 5.65 Å². The first-order valence-electron chi connectivity index (χ1n) is 21.8. The maximum Gasteiger partial charge on any atom is 0.292 e. The number of carboxylic acid groups (broad SMARTS) is 1. The minimum absolute atomic E-state index is 0. The predicted molar refractivity (Wildman–Crippen MR) is 258 cm³/mol. The van der Waals surface area contributed by atoms with Crippen molar-refractivity contribution in [2.45, 2.75) is 72.6 Å². The Hall–Kier alpha value is -6.87. The molecular weight excluding hydrogens is 1000 g/mol. The Kier molecular flexibility index (Phi) is 12.6. The van der Waals surface area contributed by atoms with Gasteiger partial charge in [-0.05, 0) is 80.9 Å². The Morgan fingerprint density at radius 3 is 2.18 bits per heavy atom. The van der Waals surface area contributed by atoms with Gasteiger partial charge in [-0.3, -0.25) is 14.2 Å². The molecule has 10 heteroatoms. The summed E-state index contributed by atoms with van der Waals surface area (Å²) in [6.07, 6.45) is 1.70. The molecule has 0 unspecified atom stereocenters. The zero-order chi connectivity index (χ0) is 45.7. The molecule has 4 heterocycles. The number of carbonyl (C=O) groups is 1. The number of benzene rings is 6. The number of aromatic carboxylic acids is 1. The summed E-state index contributed by atoms with van der Waals surface area (Å²) < 4.78 is 22.9. The average molecular weight is 1050 g/mol. The first kappa shape index (κ1) is 45.7. The third-order valence-electron chi connectivity index (χ3n) is 12.0. The van der Waals surface area contributed by atoms with E-state index in [1.807, 2.05) is 30.3 Å². The summed E-state index contributed by atoms with van der Waals surface area (Å²) in [6, 6.07) is 45.7. The second kappa shape index (κ2) is 18.2. The number of hydrogen-bond donors (Lipinski definition) is 1. The quantitative estimate of drug-likeness (QED) is 0.158. The van der Waals surface area contributed by atoms with Crippen LogP contribution in [0.4, 0.5) is 4.39 Å². The maximum atomic E-state index is 13.9. The molecule has 1 radical (unpaired) electrons. The molecule has 66 heavy (non-hydrogen) atoms. The topological polar surface area (TPSA) is 107 Å². The van der Waals surface area contributed by atoms with Gasteiger partial charge in [0, 0.05) is 48.6 Å². The minimum atomic E-state index is -1.18. The Balaban J connectivity index is 0.000000238. The third kappa shape index (κ3) is 8.43. The fraction of sp³-hybridized carbons (Fsp3) is 0.196. The van der Waals surface area contributed by atoms with Gasteiger partial charge in [0.1, 0.15) is 11.1 Å². The molecule has 333 valence electrons. The van der Waals surface area contributed by atoms with Crippen LogP contribution >= 0.6 is 0 Å². The summed E-state index contributed by atoms with van der Waals surface area (Å²) in [5.41, 5.74) is 13.4. The molecule has 0 aliphatic rings. The van der Waals surface area contributed by atoms with Crippen molar-refractivity contribution >= 4 is 50.0 Å². The van der Waals surface area contributed by atoms with Gasteiger partial charge in [-0.15, -0.1) is 40.5 Å². The summed E-state index contributed by atoms with van der Waals surface area (Å²) in [5, 5.41) is 21.3. The molecule has 4 aromatic heterocycles. The molecule has 0 amide bonds. The molecule has 1 N–H and O–H groups in total. The van der Waals surface area contributed by atoms with Crippen LogP contribution in [0.3, 0.4) is 0 Å². The van der Waals surface area contributed by atoms with Crippen molar-refractivity contribution in [2.24, 2.45) is 0 Å². The van der Waals surface area contributed by atoms with Gasteiger partial charge >= 0.3 is 0 Å². The molecule has 0 fully saturated rings. The zero-order valence-corrected chi connectivity index (χ0v) is 40.4. The summed E-state index contributed by atoms with van der Waals surface area (Å²) in [4.78, 5) is 20.3. The fourth-order valence-electron chi connectivity index (χ4n) is 8.44. The standard InChI is InChI=1S/C40H33N4O.C16H15FNO2.Ir/c1-23(2)27-15-10-16-28(24(3)4)37(27)44-39(41-36-32-14-8-9-19-34(32)42-43-40(36)44)33-18-11-17-31-30-21-20-26(22-35(30)45-38(31)33)29-13-7-6-12-25(29)5;1-16(2,3)11-5-7-14(18-9-11)12-6-4-10(15(19)20)8-13(12)17;/h6-17,19-24H,1-5H3;4-5,7-9H,1-3H3,(H,19,20);/q2*-1;. The number of carboxylic acids is 1. The summed E-state index contributed by atoms with van der Waals surface area (Å²) in [7, 11) is 0. The van der Waals surface area contributed by atoms with Crippen LogP contribution in [0.1, 0.15) is 92.9 Å². The van der Waals surface area contributed by atoms with Gasteiger partial charge in [-0.1, -0.05) is 156 Å². The van der Waals surface area contributed by atoms with Crippen LogP contribution < -0.4 is 0 Å². The van der Waals surface area contributed by atoms with E-state index in [9.17, 15) is 9.18 Å². The van der Waals surface area contributed by atoms with Crippen molar-refractivity contribution in [3.63, 3.8) is 0 Å². The Bertz CT molecular complexity index is 3410. The third-order valence-corrected chi connectivity index (χ3v) is 12.0. The molecule has 0 aliphatic heterocycles. The number of rotatable bonds is 7. The molecular formula is C56H48FIrN5O3-2. The van der Waals surface area contributed by atoms with Crippen molar-refractivity contribution in [2.75, 3.05) is 0 Å².